The van der Waals surface area contributed by atoms with Crippen LogP contribution in [0.2, 0.25) is 0 Å². The van der Waals surface area contributed by atoms with Gasteiger partial charge in [0.25, 0.3) is 5.56 Å². The average Bonchev–Trinajstić information content (AvgIpc) is 3.39. The highest BCUT2D eigenvalue weighted by molar-refractivity contribution is 7.15. The van der Waals surface area contributed by atoms with Gasteiger partial charge in [0.2, 0.25) is 4.96 Å². The van der Waals surface area contributed by atoms with Crippen LogP contribution in [0.5, 0.6) is 11.5 Å². The molecule has 3 aromatic carbocycles. The molecule has 0 atom stereocenters. The van der Waals surface area contributed by atoms with Crippen LogP contribution in [-0.2, 0) is 6.61 Å². The first-order chi connectivity index (χ1) is 16.2. The Bertz CT molecular complexity index is 1470. The molecule has 5 rings (SSSR count). The monoisotopic (exact) mass is 455 g/mol. The van der Waals surface area contributed by atoms with Crippen LogP contribution in [0, 0.1) is 0 Å². The number of hydrogen-bond donors (Lipinski definition) is 0. The van der Waals surface area contributed by atoms with E-state index in [1.807, 2.05) is 91.9 Å². The van der Waals surface area contributed by atoms with Crippen molar-refractivity contribution >= 4 is 22.4 Å². The normalized spacial score (nSPS) is 11.7. The third-order valence-corrected chi connectivity index (χ3v) is 5.99. The maximum Gasteiger partial charge on any atom is 0.291 e. The van der Waals surface area contributed by atoms with Crippen LogP contribution in [-0.4, -0.2) is 21.2 Å². The number of fused-ring (bicyclic) bond motifs is 1. The van der Waals surface area contributed by atoms with Gasteiger partial charge < -0.3 is 9.47 Å². The Labute approximate surface area is 194 Å². The zero-order chi connectivity index (χ0) is 22.6. The van der Waals surface area contributed by atoms with Crippen LogP contribution in [0.3, 0.4) is 0 Å². The van der Waals surface area contributed by atoms with Crippen LogP contribution in [0.1, 0.15) is 18.1 Å². The lowest BCUT2D eigenvalue weighted by molar-refractivity contribution is 0.306. The lowest BCUT2D eigenvalue weighted by Gasteiger charge is -2.06. The number of thiazole rings is 1. The molecule has 0 radical (unpaired) electrons. The molecule has 164 valence electrons. The van der Waals surface area contributed by atoms with Gasteiger partial charge in [0.05, 0.1) is 11.1 Å². The van der Waals surface area contributed by atoms with Crippen molar-refractivity contribution in [3.8, 4) is 22.9 Å². The highest BCUT2D eigenvalue weighted by Gasteiger charge is 2.12. The maximum absolute atomic E-state index is 12.8. The molecule has 0 saturated heterocycles. The van der Waals surface area contributed by atoms with Crippen LogP contribution in [0.25, 0.3) is 22.4 Å². The summed E-state index contributed by atoms with van der Waals surface area (Å²) < 4.78 is 13.2. The molecule has 2 aromatic heterocycles. The molecule has 33 heavy (non-hydrogen) atoms. The minimum atomic E-state index is -0.177. The van der Waals surface area contributed by atoms with Crippen LogP contribution in [0.15, 0.2) is 83.7 Å². The molecule has 0 fully saturated rings. The van der Waals surface area contributed by atoms with Crippen LogP contribution >= 0.6 is 11.3 Å². The molecule has 6 nitrogen and oxygen atoms in total. The molecule has 0 aliphatic carbocycles. The highest BCUT2D eigenvalue weighted by atomic mass is 32.1. The Morgan fingerprint density at radius 1 is 0.909 bits per heavy atom. The van der Waals surface area contributed by atoms with Crippen LogP contribution < -0.4 is 19.6 Å². The number of nitrogens with zero attached hydrogens (tertiary/aromatic N) is 3. The molecule has 0 amide bonds. The Morgan fingerprint density at radius 2 is 1.61 bits per heavy atom. The number of benzene rings is 3. The van der Waals surface area contributed by atoms with E-state index in [4.69, 9.17) is 9.47 Å². The zero-order valence-electron chi connectivity index (χ0n) is 18.0. The smallest absolute Gasteiger partial charge is 0.291 e. The van der Waals surface area contributed by atoms with Crippen molar-refractivity contribution < 1.29 is 9.47 Å². The summed E-state index contributed by atoms with van der Waals surface area (Å²) in [6.45, 7) is 3.07. The van der Waals surface area contributed by atoms with Crippen molar-refractivity contribution in [3.63, 3.8) is 0 Å². The first-order valence-electron chi connectivity index (χ1n) is 10.6. The third kappa shape index (κ3) is 4.63. The fourth-order valence-corrected chi connectivity index (χ4v) is 4.28. The molecule has 0 saturated carbocycles. The summed E-state index contributed by atoms with van der Waals surface area (Å²) in [5.41, 5.74) is 2.69. The van der Waals surface area contributed by atoms with E-state index in [0.29, 0.717) is 28.5 Å². The number of ether oxygens (including phenoxy) is 2. The van der Waals surface area contributed by atoms with Gasteiger partial charge in [0.15, 0.2) is 5.82 Å². The summed E-state index contributed by atoms with van der Waals surface area (Å²) in [4.78, 5) is 17.9. The van der Waals surface area contributed by atoms with Gasteiger partial charge in [0.1, 0.15) is 18.1 Å². The molecule has 0 aliphatic rings. The van der Waals surface area contributed by atoms with Gasteiger partial charge in [-0.25, -0.2) is 0 Å². The largest absolute Gasteiger partial charge is 0.494 e. The molecular formula is C26H21N3O3S. The second kappa shape index (κ2) is 9.26. The zero-order valence-corrected chi connectivity index (χ0v) is 18.8. The summed E-state index contributed by atoms with van der Waals surface area (Å²) in [6.07, 6.45) is 1.85. The van der Waals surface area contributed by atoms with E-state index in [2.05, 4.69) is 10.1 Å². The first kappa shape index (κ1) is 20.9. The number of aromatic nitrogens is 3. The Hall–Kier alpha value is -3.97. The minimum Gasteiger partial charge on any atom is -0.494 e. The van der Waals surface area contributed by atoms with Gasteiger partial charge >= 0.3 is 0 Å². The summed E-state index contributed by atoms with van der Waals surface area (Å²) >= 11 is 1.32. The van der Waals surface area contributed by atoms with Gasteiger partial charge in [-0.1, -0.05) is 53.8 Å². The van der Waals surface area contributed by atoms with E-state index in [1.54, 1.807) is 0 Å². The summed E-state index contributed by atoms with van der Waals surface area (Å²) in [7, 11) is 0. The van der Waals surface area contributed by atoms with Gasteiger partial charge in [-0.15, -0.1) is 5.10 Å². The van der Waals surface area contributed by atoms with Gasteiger partial charge in [-0.3, -0.25) is 4.79 Å². The fourth-order valence-electron chi connectivity index (χ4n) is 3.38. The molecule has 5 aromatic rings. The molecule has 7 heteroatoms. The summed E-state index contributed by atoms with van der Waals surface area (Å²) in [5, 5.41) is 4.41. The molecule has 0 spiro atoms. The highest BCUT2D eigenvalue weighted by Crippen LogP contribution is 2.20. The Morgan fingerprint density at radius 3 is 2.30 bits per heavy atom. The predicted octanol–water partition coefficient (Wildman–Crippen LogP) is 4.34. The van der Waals surface area contributed by atoms with Gasteiger partial charge in [-0.05, 0) is 60.5 Å². The van der Waals surface area contributed by atoms with Crippen molar-refractivity contribution in [1.29, 1.82) is 0 Å². The van der Waals surface area contributed by atoms with E-state index in [-0.39, 0.29) is 5.56 Å². The predicted molar refractivity (Wildman–Crippen MR) is 130 cm³/mol. The third-order valence-electron chi connectivity index (χ3n) is 5.03. The SMILES string of the molecule is CCOc1ccc(-c2nc3s/c(=C\c4ccc(OCc5ccccc5)cc4)c(=O)n3n2)cc1. The average molecular weight is 456 g/mol. The lowest BCUT2D eigenvalue weighted by atomic mass is 10.2. The topological polar surface area (TPSA) is 65.7 Å². The van der Waals surface area contributed by atoms with Crippen LogP contribution in [0.4, 0.5) is 0 Å². The lowest BCUT2D eigenvalue weighted by Crippen LogP contribution is -2.23. The molecule has 0 bridgehead atoms. The minimum absolute atomic E-state index is 0.177. The van der Waals surface area contributed by atoms with E-state index < -0.39 is 0 Å². The maximum atomic E-state index is 12.8. The van der Waals surface area contributed by atoms with Crippen molar-refractivity contribution in [2.24, 2.45) is 0 Å². The molecule has 2 heterocycles. The first-order valence-corrected chi connectivity index (χ1v) is 11.4. The van der Waals surface area contributed by atoms with Crippen molar-refractivity contribution in [3.05, 3.63) is 105 Å². The Kier molecular flexibility index (Phi) is 5.87. The fraction of sp³-hybridized carbons (Fsp3) is 0.115. The van der Waals surface area contributed by atoms with E-state index in [0.717, 1.165) is 28.2 Å². The van der Waals surface area contributed by atoms with Gasteiger partial charge in [0, 0.05) is 5.56 Å². The second-order valence-corrected chi connectivity index (χ2v) is 8.36. The summed E-state index contributed by atoms with van der Waals surface area (Å²) in [6, 6.07) is 25.2. The number of rotatable bonds is 7. The van der Waals surface area contributed by atoms with E-state index in [1.165, 1.54) is 15.9 Å². The standard InChI is InChI=1S/C26H21N3O3S/c1-2-31-21-14-10-20(11-15-21)24-27-26-29(28-24)25(30)23(33-26)16-18-8-12-22(13-9-18)32-17-19-6-4-3-5-7-19/h3-16H,2,17H2,1H3/b23-16-. The number of hydrogen-bond acceptors (Lipinski definition) is 6. The van der Waals surface area contributed by atoms with E-state index in [9.17, 15) is 4.79 Å². The quantitative estimate of drug-likeness (QED) is 0.365. The molecule has 0 unspecified atom stereocenters. The second-order valence-electron chi connectivity index (χ2n) is 7.35. The molecule has 0 aliphatic heterocycles. The van der Waals surface area contributed by atoms with E-state index >= 15 is 0 Å². The Balaban J connectivity index is 1.34. The van der Waals surface area contributed by atoms with Crippen molar-refractivity contribution in [1.82, 2.24) is 14.6 Å². The molecular weight excluding hydrogens is 434 g/mol. The van der Waals surface area contributed by atoms with Crippen molar-refractivity contribution in [2.75, 3.05) is 6.61 Å². The van der Waals surface area contributed by atoms with Gasteiger partial charge in [-0.2, -0.15) is 9.50 Å². The summed E-state index contributed by atoms with van der Waals surface area (Å²) in [5.74, 6) is 2.09. The van der Waals surface area contributed by atoms with Crippen molar-refractivity contribution in [2.45, 2.75) is 13.5 Å². The molecule has 0 N–H and O–H groups in total.